The zero-order valence-electron chi connectivity index (χ0n) is 28.1. The van der Waals surface area contributed by atoms with Crippen molar-refractivity contribution in [3.8, 4) is 11.5 Å². The van der Waals surface area contributed by atoms with Crippen LogP contribution in [0.25, 0.3) is 0 Å². The van der Waals surface area contributed by atoms with Crippen LogP contribution in [0.3, 0.4) is 0 Å². The van der Waals surface area contributed by atoms with Crippen LogP contribution in [0.15, 0.2) is 77.1 Å². The predicted octanol–water partition coefficient (Wildman–Crippen LogP) is 7.89. The summed E-state index contributed by atoms with van der Waals surface area (Å²) in [5.74, 6) is -4.23. The molecule has 7 heteroatoms. The summed E-state index contributed by atoms with van der Waals surface area (Å²) in [6.07, 6.45) is 4.09. The van der Waals surface area contributed by atoms with Gasteiger partial charge in [-0.1, -0.05) is 61.4 Å². The second kappa shape index (κ2) is 13.0. The number of carbonyl (C=O) groups is 3. The molecule has 7 nitrogen and oxygen atoms in total. The lowest BCUT2D eigenvalue weighted by atomic mass is 9.39. The van der Waals surface area contributed by atoms with Gasteiger partial charge >= 0.3 is 0 Å². The van der Waals surface area contributed by atoms with Crippen LogP contribution in [0.1, 0.15) is 97.9 Å². The fourth-order valence-electron chi connectivity index (χ4n) is 7.18. The smallest absolute Gasteiger partial charge is 0.200 e. The lowest BCUT2D eigenvalue weighted by Gasteiger charge is -2.60. The number of hydrogen-bond donors (Lipinski definition) is 4. The molecule has 1 saturated carbocycles. The van der Waals surface area contributed by atoms with E-state index < -0.39 is 68.4 Å². The number of ketones is 3. The molecule has 2 bridgehead atoms. The number of benzene rings is 1. The highest BCUT2D eigenvalue weighted by Crippen LogP contribution is 2.67. The maximum Gasteiger partial charge on any atom is 0.200 e. The van der Waals surface area contributed by atoms with Crippen LogP contribution in [0.4, 0.5) is 0 Å². The average molecular weight is 619 g/mol. The number of fused-ring (bicyclic) bond motifs is 2. The highest BCUT2D eigenvalue weighted by Gasteiger charge is 2.72. The maximum absolute atomic E-state index is 15.2. The second-order valence-corrected chi connectivity index (χ2v) is 14.4. The Hall–Kier alpha value is -3.71. The number of aromatic hydroxyl groups is 2. The molecule has 2 aliphatic carbocycles. The van der Waals surface area contributed by atoms with Crippen LogP contribution < -0.4 is 0 Å². The van der Waals surface area contributed by atoms with Gasteiger partial charge in [0, 0.05) is 5.56 Å². The van der Waals surface area contributed by atoms with E-state index >= 15 is 4.79 Å². The van der Waals surface area contributed by atoms with Gasteiger partial charge in [-0.3, -0.25) is 14.4 Å². The van der Waals surface area contributed by atoms with Crippen LogP contribution in [0.5, 0.6) is 11.5 Å². The molecule has 1 aromatic rings. The fourth-order valence-corrected chi connectivity index (χ4v) is 7.18. The molecular formula is C38H50O7. The lowest BCUT2D eigenvalue weighted by molar-refractivity contribution is -0.172. The van der Waals surface area contributed by atoms with E-state index in [0.717, 1.165) is 23.3 Å². The van der Waals surface area contributed by atoms with Crippen molar-refractivity contribution in [3.63, 3.8) is 0 Å². The van der Waals surface area contributed by atoms with Crippen molar-refractivity contribution in [2.45, 2.75) is 93.6 Å². The Morgan fingerprint density at radius 3 is 2.07 bits per heavy atom. The summed E-state index contributed by atoms with van der Waals surface area (Å²) in [4.78, 5) is 44.3. The topological polar surface area (TPSA) is 132 Å². The van der Waals surface area contributed by atoms with E-state index in [9.17, 15) is 30.0 Å². The molecule has 2 aliphatic rings. The van der Waals surface area contributed by atoms with Crippen LogP contribution in [0, 0.1) is 28.1 Å². The van der Waals surface area contributed by atoms with Crippen molar-refractivity contribution in [1.29, 1.82) is 0 Å². The first-order chi connectivity index (χ1) is 20.7. The number of Topliss-reactive ketones (excluding diaryl/α,β-unsaturated/α-hetero) is 3. The van der Waals surface area contributed by atoms with Gasteiger partial charge in [-0.25, -0.2) is 0 Å². The molecule has 0 spiro atoms. The van der Waals surface area contributed by atoms with Gasteiger partial charge in [0.05, 0.1) is 11.5 Å². The Bertz CT molecular complexity index is 1510. The van der Waals surface area contributed by atoms with Gasteiger partial charge in [-0.2, -0.15) is 0 Å². The van der Waals surface area contributed by atoms with Gasteiger partial charge in [-0.05, 0) is 109 Å². The van der Waals surface area contributed by atoms with Crippen molar-refractivity contribution in [3.05, 3.63) is 82.7 Å². The first-order valence-electron chi connectivity index (χ1n) is 15.6. The van der Waals surface area contributed by atoms with Gasteiger partial charge in [-0.15, -0.1) is 0 Å². The number of carbonyl (C=O) groups excluding carboxylic acids is 3. The minimum atomic E-state index is -1.69. The maximum atomic E-state index is 15.2. The Morgan fingerprint density at radius 2 is 1.56 bits per heavy atom. The third-order valence-corrected chi connectivity index (χ3v) is 10.3. The van der Waals surface area contributed by atoms with Gasteiger partial charge in [0.15, 0.2) is 28.8 Å². The number of rotatable bonds is 12. The van der Waals surface area contributed by atoms with Gasteiger partial charge < -0.3 is 20.4 Å². The number of hydrogen-bond acceptors (Lipinski definition) is 7. The summed E-state index contributed by atoms with van der Waals surface area (Å²) in [5, 5.41) is 43.1. The summed E-state index contributed by atoms with van der Waals surface area (Å²) >= 11 is 0. The molecule has 0 aliphatic heterocycles. The molecule has 0 saturated heterocycles. The SMILES string of the molecule is C=C(C)C(O)C[C@H](C[C@@]12C[C@@H](CC=C(C)C)C(C)(C)[C@@](CC=C(C)C)(C(=O)C(C(=O)c3ccc(O)c(O)c3)=C1O)C2=O)C(=C)C. The molecule has 3 rings (SSSR count). The summed E-state index contributed by atoms with van der Waals surface area (Å²) in [6.45, 7) is 23.1. The van der Waals surface area contributed by atoms with Crippen LogP contribution in [0.2, 0.25) is 0 Å². The van der Waals surface area contributed by atoms with E-state index in [-0.39, 0.29) is 37.2 Å². The molecule has 1 aromatic carbocycles. The van der Waals surface area contributed by atoms with Crippen molar-refractivity contribution >= 4 is 17.3 Å². The Balaban J connectivity index is 2.46. The van der Waals surface area contributed by atoms with Crippen molar-refractivity contribution in [2.75, 3.05) is 0 Å². The Labute approximate surface area is 267 Å². The van der Waals surface area contributed by atoms with Crippen molar-refractivity contribution in [2.24, 2.45) is 28.1 Å². The normalized spacial score (nSPS) is 25.3. The molecule has 45 heavy (non-hydrogen) atoms. The molecule has 0 aromatic heterocycles. The molecule has 5 atom stereocenters. The molecule has 244 valence electrons. The van der Waals surface area contributed by atoms with Gasteiger partial charge in [0.25, 0.3) is 0 Å². The molecular weight excluding hydrogens is 568 g/mol. The summed E-state index contributed by atoms with van der Waals surface area (Å²) < 4.78 is 0. The molecule has 0 amide bonds. The monoisotopic (exact) mass is 618 g/mol. The highest BCUT2D eigenvalue weighted by molar-refractivity contribution is 6.35. The van der Waals surface area contributed by atoms with E-state index in [1.54, 1.807) is 13.8 Å². The third-order valence-electron chi connectivity index (χ3n) is 10.3. The number of allylic oxidation sites excluding steroid dienone is 7. The quantitative estimate of drug-likeness (QED) is 0.0616. The minimum absolute atomic E-state index is 0.0419. The third kappa shape index (κ3) is 6.24. The molecule has 0 heterocycles. The zero-order chi connectivity index (χ0) is 34.2. The van der Waals surface area contributed by atoms with Crippen LogP contribution in [-0.2, 0) is 9.59 Å². The Morgan fingerprint density at radius 1 is 0.956 bits per heavy atom. The van der Waals surface area contributed by atoms with E-state index in [2.05, 4.69) is 19.2 Å². The summed E-state index contributed by atoms with van der Waals surface area (Å²) in [6, 6.07) is 3.47. The predicted molar refractivity (Wildman–Crippen MR) is 177 cm³/mol. The number of phenolic OH excluding ortho intramolecular Hbond substituents is 2. The largest absolute Gasteiger partial charge is 0.510 e. The molecule has 1 unspecified atom stereocenters. The number of aliphatic hydroxyl groups is 2. The Kier molecular flexibility index (Phi) is 10.3. The highest BCUT2D eigenvalue weighted by atomic mass is 16.3. The fraction of sp³-hybridized carbons (Fsp3) is 0.500. The minimum Gasteiger partial charge on any atom is -0.510 e. The summed E-state index contributed by atoms with van der Waals surface area (Å²) in [5.41, 5.74) is -1.59. The first-order valence-corrected chi connectivity index (χ1v) is 15.6. The number of phenols is 2. The molecule has 1 fully saturated rings. The molecule has 4 N–H and O–H groups in total. The van der Waals surface area contributed by atoms with Crippen molar-refractivity contribution < 1.29 is 34.8 Å². The van der Waals surface area contributed by atoms with E-state index in [4.69, 9.17) is 0 Å². The van der Waals surface area contributed by atoms with Gasteiger partial charge in [0.1, 0.15) is 16.7 Å². The standard InChI is InChI=1S/C38H50O7/c1-21(2)11-13-27-20-37(19-26(23(5)6)18-29(40)24(7)8)33(43)31(32(42)25-12-14-28(39)30(41)17-25)34(44)38(35(37)45,36(27,9)10)16-15-22(3)4/h11-12,14-15,17,26-27,29,39-41,43H,5,7,13,16,18-20H2,1-4,6,8-10H3/t26-,27-,29?,37-,38+/m1/s1. The van der Waals surface area contributed by atoms with E-state index in [1.807, 2.05) is 47.6 Å². The second-order valence-electron chi connectivity index (χ2n) is 14.4. The van der Waals surface area contributed by atoms with Gasteiger partial charge in [0.2, 0.25) is 0 Å². The average Bonchev–Trinajstić information content (AvgIpc) is 2.93. The number of aliphatic hydroxyl groups excluding tert-OH is 2. The first kappa shape index (κ1) is 35.8. The molecule has 0 radical (unpaired) electrons. The van der Waals surface area contributed by atoms with Crippen LogP contribution >= 0.6 is 0 Å². The van der Waals surface area contributed by atoms with Crippen molar-refractivity contribution in [1.82, 2.24) is 0 Å². The van der Waals surface area contributed by atoms with Crippen LogP contribution in [-0.4, -0.2) is 43.9 Å². The van der Waals surface area contributed by atoms with E-state index in [0.29, 0.717) is 17.6 Å². The zero-order valence-corrected chi connectivity index (χ0v) is 28.1. The summed E-state index contributed by atoms with van der Waals surface area (Å²) in [7, 11) is 0. The lowest BCUT2D eigenvalue weighted by Crippen LogP contribution is -2.67. The van der Waals surface area contributed by atoms with E-state index in [1.165, 1.54) is 6.07 Å².